The highest BCUT2D eigenvalue weighted by molar-refractivity contribution is 7.10. The van der Waals surface area contributed by atoms with Crippen LogP contribution in [0.15, 0.2) is 23.6 Å². The summed E-state index contributed by atoms with van der Waals surface area (Å²) in [6, 6.07) is 5.59. The molecule has 5 nitrogen and oxygen atoms in total. The quantitative estimate of drug-likeness (QED) is 0.863. The number of ether oxygens (including phenoxy) is 3. The average Bonchev–Trinajstić information content (AvgIpc) is 3.27. The third-order valence-corrected chi connectivity index (χ3v) is 5.45. The monoisotopic (exact) mass is 347 g/mol. The first-order chi connectivity index (χ1) is 11.6. The molecule has 1 aliphatic carbocycles. The summed E-state index contributed by atoms with van der Waals surface area (Å²) < 4.78 is 15.9. The van der Waals surface area contributed by atoms with E-state index in [0.29, 0.717) is 28.9 Å². The van der Waals surface area contributed by atoms with Gasteiger partial charge in [0.15, 0.2) is 11.5 Å². The molecule has 1 amide bonds. The van der Waals surface area contributed by atoms with Crippen LogP contribution in [0.4, 0.5) is 5.69 Å². The summed E-state index contributed by atoms with van der Waals surface area (Å²) in [6.45, 7) is 2.10. The molecule has 0 radical (unpaired) electrons. The molecule has 2 aromatic rings. The maximum Gasteiger partial charge on any atom is 0.228 e. The molecular weight excluding hydrogens is 326 g/mol. The van der Waals surface area contributed by atoms with Gasteiger partial charge in [-0.15, -0.1) is 11.3 Å². The van der Waals surface area contributed by atoms with Gasteiger partial charge in [0.1, 0.15) is 0 Å². The van der Waals surface area contributed by atoms with Crippen LogP contribution in [0, 0.1) is 12.8 Å². The number of hydrogen-bond acceptors (Lipinski definition) is 5. The van der Waals surface area contributed by atoms with Crippen molar-refractivity contribution in [3.8, 4) is 17.2 Å². The maximum atomic E-state index is 12.5. The Hall–Kier alpha value is -2.21. The number of methoxy groups -OCH3 is 3. The van der Waals surface area contributed by atoms with Gasteiger partial charge >= 0.3 is 0 Å². The lowest BCUT2D eigenvalue weighted by atomic mass is 10.2. The Morgan fingerprint density at radius 2 is 1.83 bits per heavy atom. The van der Waals surface area contributed by atoms with Crippen LogP contribution in [0.3, 0.4) is 0 Å². The molecule has 1 N–H and O–H groups in total. The Kier molecular flexibility index (Phi) is 4.66. The highest BCUT2D eigenvalue weighted by Crippen LogP contribution is 2.51. The first kappa shape index (κ1) is 16.6. The fourth-order valence-corrected chi connectivity index (χ4v) is 4.04. The van der Waals surface area contributed by atoms with Gasteiger partial charge in [-0.25, -0.2) is 0 Å². The SMILES string of the molecule is COc1cc(NC(=O)[C@@H]2C[C@H]2c2sccc2C)cc(OC)c1OC. The predicted molar refractivity (Wildman–Crippen MR) is 94.6 cm³/mol. The van der Waals surface area contributed by atoms with E-state index in [1.54, 1.807) is 44.8 Å². The lowest BCUT2D eigenvalue weighted by Crippen LogP contribution is -2.14. The van der Waals surface area contributed by atoms with E-state index in [1.165, 1.54) is 10.4 Å². The third kappa shape index (κ3) is 3.06. The van der Waals surface area contributed by atoms with Crippen molar-refractivity contribution in [1.29, 1.82) is 0 Å². The molecule has 128 valence electrons. The summed E-state index contributed by atoms with van der Waals surface area (Å²) >= 11 is 1.73. The molecule has 2 atom stereocenters. The lowest BCUT2D eigenvalue weighted by Gasteiger charge is -2.14. The maximum absolute atomic E-state index is 12.5. The number of thiophene rings is 1. The first-order valence-corrected chi connectivity index (χ1v) is 8.61. The van der Waals surface area contributed by atoms with Crippen molar-refractivity contribution >= 4 is 22.9 Å². The van der Waals surface area contributed by atoms with Crippen molar-refractivity contribution in [2.75, 3.05) is 26.6 Å². The molecule has 0 aliphatic heterocycles. The van der Waals surface area contributed by atoms with Crippen molar-refractivity contribution in [2.24, 2.45) is 5.92 Å². The second-order valence-electron chi connectivity index (χ2n) is 5.82. The topological polar surface area (TPSA) is 56.8 Å². The van der Waals surface area contributed by atoms with Crippen molar-refractivity contribution in [1.82, 2.24) is 0 Å². The van der Waals surface area contributed by atoms with Crippen molar-refractivity contribution < 1.29 is 19.0 Å². The van der Waals surface area contributed by atoms with Gasteiger partial charge in [0.05, 0.1) is 21.3 Å². The van der Waals surface area contributed by atoms with E-state index in [1.807, 2.05) is 0 Å². The summed E-state index contributed by atoms with van der Waals surface area (Å²) in [5.74, 6) is 1.95. The molecule has 1 aromatic heterocycles. The van der Waals surface area contributed by atoms with Crippen LogP contribution in [-0.2, 0) is 4.79 Å². The van der Waals surface area contributed by atoms with Gasteiger partial charge in [0.2, 0.25) is 11.7 Å². The van der Waals surface area contributed by atoms with E-state index in [2.05, 4.69) is 23.7 Å². The summed E-state index contributed by atoms with van der Waals surface area (Å²) in [6.07, 6.45) is 0.900. The minimum absolute atomic E-state index is 0.0291. The second-order valence-corrected chi connectivity index (χ2v) is 6.77. The highest BCUT2D eigenvalue weighted by atomic mass is 32.1. The summed E-state index contributed by atoms with van der Waals surface area (Å²) in [4.78, 5) is 13.8. The van der Waals surface area contributed by atoms with Gasteiger partial charge in [-0.1, -0.05) is 0 Å². The predicted octanol–water partition coefficient (Wildman–Crippen LogP) is 3.82. The molecule has 0 saturated heterocycles. The Labute approximate surface area is 145 Å². The van der Waals surface area contributed by atoms with E-state index < -0.39 is 0 Å². The van der Waals surface area contributed by atoms with Crippen molar-refractivity contribution in [3.63, 3.8) is 0 Å². The summed E-state index contributed by atoms with van der Waals surface area (Å²) in [7, 11) is 4.66. The van der Waals surface area contributed by atoms with Crippen LogP contribution in [0.2, 0.25) is 0 Å². The van der Waals surface area contributed by atoms with Gasteiger partial charge < -0.3 is 19.5 Å². The smallest absolute Gasteiger partial charge is 0.228 e. The van der Waals surface area contributed by atoms with Gasteiger partial charge in [-0.05, 0) is 30.4 Å². The molecule has 0 spiro atoms. The number of carbonyl (C=O) groups is 1. The van der Waals surface area contributed by atoms with Crippen LogP contribution in [-0.4, -0.2) is 27.2 Å². The van der Waals surface area contributed by atoms with Crippen LogP contribution in [0.25, 0.3) is 0 Å². The Balaban J connectivity index is 1.75. The van der Waals surface area contributed by atoms with Crippen LogP contribution >= 0.6 is 11.3 Å². The zero-order chi connectivity index (χ0) is 17.3. The van der Waals surface area contributed by atoms with Crippen LogP contribution in [0.1, 0.15) is 22.8 Å². The van der Waals surface area contributed by atoms with E-state index in [9.17, 15) is 4.79 Å². The molecular formula is C18H21NO4S. The highest BCUT2D eigenvalue weighted by Gasteiger charge is 2.45. The Morgan fingerprint density at radius 1 is 1.17 bits per heavy atom. The van der Waals surface area contributed by atoms with Gasteiger partial charge in [0, 0.05) is 34.5 Å². The third-order valence-electron chi connectivity index (χ3n) is 4.30. The number of nitrogens with one attached hydrogen (secondary N) is 1. The molecule has 1 aliphatic rings. The number of benzene rings is 1. The van der Waals surface area contributed by atoms with E-state index in [4.69, 9.17) is 14.2 Å². The standard InChI is InChI=1S/C18H21NO4S/c1-10-5-6-24-17(10)12-9-13(12)18(20)19-11-7-14(21-2)16(23-4)15(8-11)22-3/h5-8,12-13H,9H2,1-4H3,(H,19,20)/t12-,13-/m1/s1. The number of hydrogen-bond donors (Lipinski definition) is 1. The summed E-state index contributed by atoms with van der Waals surface area (Å²) in [5, 5.41) is 5.05. The normalized spacial score (nSPS) is 18.8. The minimum Gasteiger partial charge on any atom is -0.493 e. The molecule has 0 bridgehead atoms. The van der Waals surface area contributed by atoms with E-state index in [-0.39, 0.29) is 11.8 Å². The largest absolute Gasteiger partial charge is 0.493 e. The Morgan fingerprint density at radius 3 is 2.33 bits per heavy atom. The lowest BCUT2D eigenvalue weighted by molar-refractivity contribution is -0.117. The average molecular weight is 347 g/mol. The van der Waals surface area contributed by atoms with Crippen LogP contribution < -0.4 is 19.5 Å². The number of amides is 1. The molecule has 6 heteroatoms. The molecule has 24 heavy (non-hydrogen) atoms. The zero-order valence-corrected chi connectivity index (χ0v) is 15.0. The van der Waals surface area contributed by atoms with Crippen molar-refractivity contribution in [3.05, 3.63) is 34.0 Å². The molecule has 1 saturated carbocycles. The number of aryl methyl sites for hydroxylation is 1. The minimum atomic E-state index is 0.0291. The Bertz CT molecular complexity index is 730. The zero-order valence-electron chi connectivity index (χ0n) is 14.2. The molecule has 0 unspecified atom stereocenters. The van der Waals surface area contributed by atoms with Crippen LogP contribution in [0.5, 0.6) is 17.2 Å². The number of carbonyl (C=O) groups excluding carboxylic acids is 1. The first-order valence-electron chi connectivity index (χ1n) is 7.73. The fraction of sp³-hybridized carbons (Fsp3) is 0.389. The van der Waals surface area contributed by atoms with E-state index >= 15 is 0 Å². The van der Waals surface area contributed by atoms with Crippen molar-refractivity contribution in [2.45, 2.75) is 19.3 Å². The molecule has 3 rings (SSSR count). The van der Waals surface area contributed by atoms with E-state index in [0.717, 1.165) is 6.42 Å². The number of rotatable bonds is 6. The summed E-state index contributed by atoms with van der Waals surface area (Å²) in [5.41, 5.74) is 1.91. The number of anilines is 1. The van der Waals surface area contributed by atoms with Gasteiger partial charge in [-0.2, -0.15) is 0 Å². The molecule has 1 heterocycles. The molecule has 1 aromatic carbocycles. The molecule has 1 fully saturated rings. The second kappa shape index (κ2) is 6.73. The van der Waals surface area contributed by atoms with Gasteiger partial charge in [-0.3, -0.25) is 4.79 Å². The fourth-order valence-electron chi connectivity index (χ4n) is 2.93. The van der Waals surface area contributed by atoms with Gasteiger partial charge in [0.25, 0.3) is 0 Å².